The first-order valence-corrected chi connectivity index (χ1v) is 12.9. The second-order valence-corrected chi connectivity index (χ2v) is 9.42. The number of hydrogen-bond acceptors (Lipinski definition) is 5. The molecule has 202 valence electrons. The smallest absolute Gasteiger partial charge is 0.271 e. The maximum atomic E-state index is 13.6. The van der Waals surface area contributed by atoms with Crippen LogP contribution in [0.3, 0.4) is 0 Å². The van der Waals surface area contributed by atoms with Gasteiger partial charge in [-0.2, -0.15) is 10.4 Å². The van der Waals surface area contributed by atoms with E-state index in [0.717, 1.165) is 15.8 Å². The van der Waals surface area contributed by atoms with E-state index in [1.807, 2.05) is 66.7 Å². The zero-order chi connectivity index (χ0) is 28.9. The number of benzene rings is 3. The summed E-state index contributed by atoms with van der Waals surface area (Å²) in [5.41, 5.74) is 2.61. The van der Waals surface area contributed by atoms with E-state index in [9.17, 15) is 24.3 Å². The van der Waals surface area contributed by atoms with Crippen molar-refractivity contribution in [1.29, 1.82) is 5.26 Å². The van der Waals surface area contributed by atoms with Crippen molar-refractivity contribution in [2.75, 3.05) is 0 Å². The van der Waals surface area contributed by atoms with Gasteiger partial charge in [0.2, 0.25) is 5.88 Å². The predicted molar refractivity (Wildman–Crippen MR) is 154 cm³/mol. The molecule has 0 fully saturated rings. The number of halogens is 1. The van der Waals surface area contributed by atoms with Gasteiger partial charge in [0.1, 0.15) is 17.4 Å². The molecule has 8 heteroatoms. The van der Waals surface area contributed by atoms with Crippen molar-refractivity contribution in [1.82, 2.24) is 14.3 Å². The number of aromatic nitrogens is 3. The summed E-state index contributed by atoms with van der Waals surface area (Å²) in [4.78, 5) is 26.5. The van der Waals surface area contributed by atoms with Gasteiger partial charge in [0, 0.05) is 23.9 Å². The van der Waals surface area contributed by atoms with Gasteiger partial charge < -0.3 is 5.11 Å². The molecular formula is C33H25FN4O3. The highest BCUT2D eigenvalue weighted by Gasteiger charge is 2.23. The molecule has 0 saturated heterocycles. The van der Waals surface area contributed by atoms with Crippen molar-refractivity contribution in [3.8, 4) is 28.9 Å². The van der Waals surface area contributed by atoms with Crippen LogP contribution in [-0.4, -0.2) is 25.2 Å². The van der Waals surface area contributed by atoms with Gasteiger partial charge in [-0.25, -0.2) is 9.07 Å². The van der Waals surface area contributed by atoms with Crippen molar-refractivity contribution in [2.24, 2.45) is 0 Å². The molecule has 0 atom stereocenters. The average molecular weight is 545 g/mol. The molecule has 0 amide bonds. The number of carbonyl (C=O) groups is 1. The lowest BCUT2D eigenvalue weighted by Crippen LogP contribution is -2.27. The maximum Gasteiger partial charge on any atom is 0.271 e. The minimum atomic E-state index is -0.651. The topological polar surface area (TPSA) is 101 Å². The molecule has 0 aliphatic carbocycles. The van der Waals surface area contributed by atoms with Crippen molar-refractivity contribution in [2.45, 2.75) is 19.9 Å². The lowest BCUT2D eigenvalue weighted by molar-refractivity contribution is 0.104. The Bertz CT molecular complexity index is 1850. The van der Waals surface area contributed by atoms with Crippen LogP contribution in [0.1, 0.15) is 32.6 Å². The van der Waals surface area contributed by atoms with E-state index in [-0.39, 0.29) is 29.1 Å². The molecular weight excluding hydrogens is 519 g/mol. The number of pyridine rings is 1. The van der Waals surface area contributed by atoms with Crippen LogP contribution in [0, 0.1) is 24.1 Å². The van der Waals surface area contributed by atoms with Crippen molar-refractivity contribution < 1.29 is 14.3 Å². The molecule has 0 radical (unpaired) electrons. The third-order valence-electron chi connectivity index (χ3n) is 6.81. The Hall–Kier alpha value is -5.55. The highest BCUT2D eigenvalue weighted by atomic mass is 19.1. The summed E-state index contributed by atoms with van der Waals surface area (Å²) in [6, 6.07) is 26.5. The van der Waals surface area contributed by atoms with Crippen LogP contribution in [0.2, 0.25) is 0 Å². The van der Waals surface area contributed by atoms with Gasteiger partial charge in [0.05, 0.1) is 16.9 Å². The maximum absolute atomic E-state index is 13.6. The number of ketones is 1. The molecule has 41 heavy (non-hydrogen) atoms. The van der Waals surface area contributed by atoms with E-state index in [0.29, 0.717) is 23.2 Å². The third kappa shape index (κ3) is 5.60. The second kappa shape index (κ2) is 11.7. The van der Waals surface area contributed by atoms with Crippen LogP contribution in [0.25, 0.3) is 23.0 Å². The molecule has 0 saturated carbocycles. The van der Waals surface area contributed by atoms with Gasteiger partial charge >= 0.3 is 0 Å². The van der Waals surface area contributed by atoms with Crippen molar-refractivity contribution >= 4 is 11.9 Å². The lowest BCUT2D eigenvalue weighted by Gasteiger charge is -2.14. The molecule has 2 heterocycles. The zero-order valence-corrected chi connectivity index (χ0v) is 22.2. The number of aromatic hydroxyl groups is 1. The summed E-state index contributed by atoms with van der Waals surface area (Å²) in [5, 5.41) is 25.4. The first-order valence-electron chi connectivity index (χ1n) is 12.9. The van der Waals surface area contributed by atoms with Gasteiger partial charge in [-0.05, 0) is 73.0 Å². The molecule has 0 bridgehead atoms. The number of nitrogens with zero attached hydrogens (tertiary/aromatic N) is 4. The van der Waals surface area contributed by atoms with Gasteiger partial charge in [0.15, 0.2) is 5.78 Å². The summed E-state index contributed by atoms with van der Waals surface area (Å²) in [5.74, 6) is -1.46. The third-order valence-corrected chi connectivity index (χ3v) is 6.81. The molecule has 3 aromatic carbocycles. The van der Waals surface area contributed by atoms with E-state index in [1.54, 1.807) is 29.1 Å². The second-order valence-electron chi connectivity index (χ2n) is 9.42. The number of hydrogen-bond donors (Lipinski definition) is 1. The van der Waals surface area contributed by atoms with Crippen molar-refractivity contribution in [3.63, 3.8) is 0 Å². The number of nitriles is 1. The van der Waals surface area contributed by atoms with Gasteiger partial charge in [-0.15, -0.1) is 0 Å². The van der Waals surface area contributed by atoms with E-state index in [1.165, 1.54) is 25.1 Å². The molecule has 5 aromatic rings. The van der Waals surface area contributed by atoms with Crippen LogP contribution in [-0.2, 0) is 13.0 Å². The molecule has 2 aromatic heterocycles. The van der Waals surface area contributed by atoms with Crippen LogP contribution in [0.5, 0.6) is 5.88 Å². The highest BCUT2D eigenvalue weighted by Crippen LogP contribution is 2.27. The first-order chi connectivity index (χ1) is 19.9. The summed E-state index contributed by atoms with van der Waals surface area (Å²) < 4.78 is 16.3. The summed E-state index contributed by atoms with van der Waals surface area (Å²) in [6.45, 7) is 1.56. The number of aryl methyl sites for hydroxylation is 1. The van der Waals surface area contributed by atoms with Gasteiger partial charge in [-0.3, -0.25) is 14.2 Å². The standard InChI is InChI=1S/C33H25FN4O3/c1-22-28(20-35)32(40)37(19-18-23-8-4-2-5-9-23)33(41)30(22)29(39)17-14-25-21-38(27-10-6-3-7-11-27)36-31(25)24-12-15-26(34)16-13-24/h2-17,21,41H,18-19H2,1H3/b17-14+. The fourth-order valence-electron chi connectivity index (χ4n) is 4.64. The van der Waals surface area contributed by atoms with E-state index < -0.39 is 17.2 Å². The molecule has 1 N–H and O–H groups in total. The Morgan fingerprint density at radius 1 is 1.02 bits per heavy atom. The van der Waals surface area contributed by atoms with Crippen LogP contribution < -0.4 is 5.56 Å². The van der Waals surface area contributed by atoms with Crippen molar-refractivity contribution in [3.05, 3.63) is 141 Å². The summed E-state index contributed by atoms with van der Waals surface area (Å²) in [6.07, 6.45) is 4.99. The fourth-order valence-corrected chi connectivity index (χ4v) is 4.64. The molecule has 0 aliphatic heterocycles. The Morgan fingerprint density at radius 2 is 1.68 bits per heavy atom. The van der Waals surface area contributed by atoms with Crippen LogP contribution in [0.4, 0.5) is 4.39 Å². The van der Waals surface area contributed by atoms with Crippen LogP contribution >= 0.6 is 0 Å². The molecule has 7 nitrogen and oxygen atoms in total. The SMILES string of the molecule is Cc1c(C(=O)/C=C/c2cn(-c3ccccc3)nc2-c2ccc(F)cc2)c(O)n(CCc2ccccc2)c(=O)c1C#N. The fraction of sp³-hybridized carbons (Fsp3) is 0.0909. The van der Waals surface area contributed by atoms with E-state index in [2.05, 4.69) is 5.10 Å². The average Bonchev–Trinajstić information content (AvgIpc) is 3.42. The van der Waals surface area contributed by atoms with E-state index in [4.69, 9.17) is 0 Å². The number of para-hydroxylation sites is 1. The molecule has 5 rings (SSSR count). The van der Waals surface area contributed by atoms with Gasteiger partial charge in [0.25, 0.3) is 5.56 Å². The predicted octanol–water partition coefficient (Wildman–Crippen LogP) is 5.86. The first kappa shape index (κ1) is 27.0. The van der Waals surface area contributed by atoms with Gasteiger partial charge in [-0.1, -0.05) is 48.5 Å². The molecule has 0 spiro atoms. The normalized spacial score (nSPS) is 11.0. The largest absolute Gasteiger partial charge is 0.494 e. The number of carbonyl (C=O) groups excluding carboxylic acids is 1. The monoisotopic (exact) mass is 544 g/mol. The molecule has 0 aliphatic rings. The Balaban J connectivity index is 1.54. The van der Waals surface area contributed by atoms with Crippen LogP contribution in [0.15, 0.2) is 102 Å². The zero-order valence-electron chi connectivity index (χ0n) is 22.2. The summed E-state index contributed by atoms with van der Waals surface area (Å²) >= 11 is 0. The Kier molecular flexibility index (Phi) is 7.70. The minimum Gasteiger partial charge on any atom is -0.494 e. The highest BCUT2D eigenvalue weighted by molar-refractivity contribution is 6.09. The number of allylic oxidation sites excluding steroid dienone is 1. The quantitative estimate of drug-likeness (QED) is 0.195. The lowest BCUT2D eigenvalue weighted by atomic mass is 10.00. The molecule has 0 unspecified atom stereocenters. The summed E-state index contributed by atoms with van der Waals surface area (Å²) in [7, 11) is 0. The number of rotatable bonds is 8. The Morgan fingerprint density at radius 3 is 2.34 bits per heavy atom. The van der Waals surface area contributed by atoms with E-state index >= 15 is 0 Å². The Labute approximate surface area is 235 Å². The minimum absolute atomic E-state index is 0.0895.